The molecule has 9 aliphatic rings. The van der Waals surface area contributed by atoms with Crippen LogP contribution in [0, 0.1) is 50.9 Å². The Balaban J connectivity index is 0.000000110. The lowest BCUT2D eigenvalue weighted by Crippen LogP contribution is -2.43. The minimum absolute atomic E-state index is 0.251. The minimum atomic E-state index is 0.251. The Morgan fingerprint density at radius 1 is 0.447 bits per heavy atom. The zero-order chi connectivity index (χ0) is 70.0. The lowest BCUT2D eigenvalue weighted by atomic mass is 9.63. The summed E-state index contributed by atoms with van der Waals surface area (Å²) in [5.41, 5.74) is 23.1. The molecular formula is C85H83Cl4N11O3. The highest BCUT2D eigenvalue weighted by Gasteiger charge is 2.48. The van der Waals surface area contributed by atoms with Gasteiger partial charge in [0.1, 0.15) is 40.2 Å². The molecule has 3 aliphatic heterocycles. The van der Waals surface area contributed by atoms with Crippen molar-refractivity contribution >= 4 is 97.0 Å². The van der Waals surface area contributed by atoms with Crippen LogP contribution < -0.4 is 14.7 Å². The molecule has 7 aromatic heterocycles. The van der Waals surface area contributed by atoms with Crippen LogP contribution in [0.15, 0.2) is 153 Å². The number of rotatable bonds is 12. The summed E-state index contributed by atoms with van der Waals surface area (Å²) < 4.78 is 19.7. The maximum absolute atomic E-state index is 6.57. The number of allylic oxidation sites excluding steroid dienone is 6. The van der Waals surface area contributed by atoms with Crippen LogP contribution in [0.25, 0.3) is 66.9 Å². The van der Waals surface area contributed by atoms with Gasteiger partial charge in [-0.1, -0.05) is 129 Å². The molecule has 0 bridgehead atoms. The number of halogens is 4. The molecule has 6 fully saturated rings. The average molecular weight is 1450 g/mol. The Morgan fingerprint density at radius 2 is 0.932 bits per heavy atom. The van der Waals surface area contributed by atoms with Crippen molar-refractivity contribution in [2.75, 3.05) is 54.0 Å². The quantitative estimate of drug-likeness (QED) is 0.115. The van der Waals surface area contributed by atoms with Crippen LogP contribution >= 0.6 is 46.4 Å². The Bertz CT molecular complexity index is 5210. The van der Waals surface area contributed by atoms with Gasteiger partial charge in [-0.05, 0) is 241 Å². The summed E-state index contributed by atoms with van der Waals surface area (Å²) in [4.78, 5) is 21.4. The number of fused-ring (bicyclic) bond motifs is 2. The maximum atomic E-state index is 6.57. The van der Waals surface area contributed by atoms with Crippen LogP contribution in [0.2, 0.25) is 20.1 Å². The summed E-state index contributed by atoms with van der Waals surface area (Å²) in [5, 5.41) is 22.0. The number of piperidine rings is 3. The lowest BCUT2D eigenvalue weighted by Gasteiger charge is -2.47. The lowest BCUT2D eigenvalue weighted by molar-refractivity contribution is 0.275. The number of pyridine rings is 2. The summed E-state index contributed by atoms with van der Waals surface area (Å²) in [6.07, 6.45) is 28.6. The molecule has 0 atom stereocenters. The van der Waals surface area contributed by atoms with Gasteiger partial charge in [-0.25, -0.2) is 14.5 Å². The van der Waals surface area contributed by atoms with E-state index in [0.29, 0.717) is 37.8 Å². The molecule has 3 saturated carbocycles. The highest BCUT2D eigenvalue weighted by atomic mass is 35.5. The van der Waals surface area contributed by atoms with E-state index >= 15 is 0 Å². The molecule has 0 amide bonds. The van der Waals surface area contributed by atoms with Crippen LogP contribution in [0.4, 0.5) is 17.5 Å². The predicted octanol–water partition coefficient (Wildman–Crippen LogP) is 22.0. The highest BCUT2D eigenvalue weighted by molar-refractivity contribution is 6.40. The number of aryl methyl sites for hydroxylation is 5. The van der Waals surface area contributed by atoms with Crippen molar-refractivity contribution in [2.24, 2.45) is 16.2 Å². The van der Waals surface area contributed by atoms with Crippen molar-refractivity contribution in [1.29, 1.82) is 0 Å². The molecule has 103 heavy (non-hydrogen) atoms. The molecule has 18 heteroatoms. The topological polar surface area (TPSA) is 144 Å². The van der Waals surface area contributed by atoms with E-state index in [1.54, 1.807) is 0 Å². The van der Waals surface area contributed by atoms with Gasteiger partial charge in [0.2, 0.25) is 5.95 Å². The van der Waals surface area contributed by atoms with Crippen LogP contribution in [-0.4, -0.2) is 79.3 Å². The summed E-state index contributed by atoms with van der Waals surface area (Å²) in [6, 6.07) is 37.0. The number of benzene rings is 4. The number of hydrogen-bond donors (Lipinski definition) is 0. The third-order valence-electron chi connectivity index (χ3n) is 23.8. The SMILES string of the molecule is Cc1ccc(N2CCC3(C=C(c4c(-c5c(Cl)cccc5Cl)noc4C4CC4)C3)CC2)nc1C.Cc1ccc2cc(N3CCC4(C=C(c5c(-c6c(Cl)cccc6Cl)noc5C5CC5)C4)CC3)ccc2n1.Cc1ccccc1-c1noc(C2CC2)c1C1=CC2(CCN(c3ncc4c(C)ccn4n3)CC2)C1. The molecule has 10 heterocycles. The van der Waals surface area contributed by atoms with Gasteiger partial charge in [0, 0.05) is 119 Å². The summed E-state index contributed by atoms with van der Waals surface area (Å²) >= 11 is 26.2. The molecule has 0 unspecified atom stereocenters. The second-order valence-corrected chi connectivity index (χ2v) is 32.6. The average Bonchev–Trinajstić information content (AvgIpc) is 1.72. The number of aromatic nitrogens is 8. The van der Waals surface area contributed by atoms with Gasteiger partial charge in [0.25, 0.3) is 0 Å². The first-order valence-corrected chi connectivity index (χ1v) is 38.5. The van der Waals surface area contributed by atoms with E-state index in [2.05, 4.69) is 159 Å². The van der Waals surface area contributed by atoms with Crippen molar-refractivity contribution in [3.63, 3.8) is 0 Å². The zero-order valence-electron chi connectivity index (χ0n) is 59.0. The Hall–Kier alpha value is -8.53. The fraction of sp³-hybridized carbons (Fsp3) is 0.376. The third-order valence-corrected chi connectivity index (χ3v) is 25.1. The van der Waals surface area contributed by atoms with Crippen molar-refractivity contribution in [3.05, 3.63) is 222 Å². The monoisotopic (exact) mass is 1450 g/mol. The van der Waals surface area contributed by atoms with E-state index in [9.17, 15) is 0 Å². The van der Waals surface area contributed by atoms with Crippen molar-refractivity contribution < 1.29 is 13.6 Å². The van der Waals surface area contributed by atoms with E-state index in [1.165, 1.54) is 68.5 Å². The predicted molar refractivity (Wildman–Crippen MR) is 414 cm³/mol. The van der Waals surface area contributed by atoms with Gasteiger partial charge in [-0.15, -0.1) is 5.10 Å². The van der Waals surface area contributed by atoms with Gasteiger partial charge in [0.05, 0.1) is 37.3 Å². The van der Waals surface area contributed by atoms with E-state index in [1.807, 2.05) is 60.2 Å². The van der Waals surface area contributed by atoms with Gasteiger partial charge in [-0.3, -0.25) is 4.98 Å². The second kappa shape index (κ2) is 26.3. The maximum Gasteiger partial charge on any atom is 0.243 e. The molecule has 3 saturated heterocycles. The molecule has 0 N–H and O–H groups in total. The van der Waals surface area contributed by atoms with Crippen molar-refractivity contribution in [3.8, 4) is 33.8 Å². The van der Waals surface area contributed by atoms with Crippen LogP contribution in [0.5, 0.6) is 0 Å². The van der Waals surface area contributed by atoms with Crippen molar-refractivity contribution in [1.82, 2.24) is 40.0 Å². The number of nitrogens with zero attached hydrogens (tertiary/aromatic N) is 11. The first-order chi connectivity index (χ1) is 50.0. The fourth-order valence-corrected chi connectivity index (χ4v) is 18.2. The van der Waals surface area contributed by atoms with Crippen LogP contribution in [0.3, 0.4) is 0 Å². The zero-order valence-corrected chi connectivity index (χ0v) is 62.0. The summed E-state index contributed by atoms with van der Waals surface area (Å²) in [6.45, 7) is 16.6. The van der Waals surface area contributed by atoms with E-state index in [0.717, 1.165) is 214 Å². The molecule has 11 aromatic rings. The molecule has 4 aromatic carbocycles. The Kier molecular flexibility index (Phi) is 16.9. The number of hydrogen-bond acceptors (Lipinski definition) is 13. The molecule has 20 rings (SSSR count). The van der Waals surface area contributed by atoms with Gasteiger partial charge >= 0.3 is 0 Å². The Labute approximate surface area is 621 Å². The Morgan fingerprint density at radius 3 is 1.44 bits per heavy atom. The fourth-order valence-electron chi connectivity index (χ4n) is 17.0. The molecule has 14 nitrogen and oxygen atoms in total. The van der Waals surface area contributed by atoms with E-state index in [4.69, 9.17) is 70.1 Å². The molecule has 3 spiro atoms. The molecule has 524 valence electrons. The first-order valence-electron chi connectivity index (χ1n) is 37.0. The highest BCUT2D eigenvalue weighted by Crippen LogP contribution is 2.60. The van der Waals surface area contributed by atoms with Gasteiger partial charge in [0.15, 0.2) is 0 Å². The van der Waals surface area contributed by atoms with Crippen LogP contribution in [-0.2, 0) is 0 Å². The van der Waals surface area contributed by atoms with E-state index < -0.39 is 0 Å². The standard InChI is InChI=1S/C30H27Cl2N3O.C28H29N5O.C27H27Cl2N3O/c1-18-5-6-20-15-22(9-10-25(20)33-18)35-13-11-30(12-14-35)16-21(17-30)26-28(34-36-29(26)19-7-8-19)27-23(31)3-2-4-24(27)32;1-18-5-3-4-6-22(18)25-24(26(34-31-25)20-7-8-20)21-15-28(16-21)10-13-32(14-11-28)27-29-17-23-19(2)9-12-33(23)30-27;1-16-6-9-22(30-17(16)2)32-12-10-27(11-13-32)14-19(15-27)23-25(31-33-26(23)18-7-8-18)24-20(28)4-3-5-21(24)29/h2-6,9-10,15-16,19H,7-8,11-14,17H2,1H3;3-6,9,12,15,17,20H,7-8,10-11,13-14,16H2,1-2H3;3-6,9,14,18H,7-8,10-13,15H2,1-2H3. The molecule has 6 aliphatic carbocycles. The van der Waals surface area contributed by atoms with Crippen molar-refractivity contribution in [2.45, 2.75) is 149 Å². The molecule has 0 radical (unpaired) electrons. The summed E-state index contributed by atoms with van der Waals surface area (Å²) in [7, 11) is 0. The third kappa shape index (κ3) is 12.6. The van der Waals surface area contributed by atoms with Gasteiger partial charge in [-0.2, -0.15) is 0 Å². The number of anilines is 3. The normalized spacial score (nSPS) is 19.3. The van der Waals surface area contributed by atoms with E-state index in [-0.39, 0.29) is 16.2 Å². The van der Waals surface area contributed by atoms with Crippen LogP contribution in [0.1, 0.15) is 176 Å². The van der Waals surface area contributed by atoms with Gasteiger partial charge < -0.3 is 28.3 Å². The molecular weight excluding hydrogens is 1360 g/mol. The second-order valence-electron chi connectivity index (χ2n) is 31.0. The summed E-state index contributed by atoms with van der Waals surface area (Å²) in [5.74, 6) is 6.55. The first kappa shape index (κ1) is 66.4. The largest absolute Gasteiger partial charge is 0.371 e. The smallest absolute Gasteiger partial charge is 0.243 e. The minimum Gasteiger partial charge on any atom is -0.371 e.